The molecule has 0 bridgehead atoms. The Morgan fingerprint density at radius 3 is 1.61 bits per heavy atom. The van der Waals surface area contributed by atoms with Gasteiger partial charge in [0.25, 0.3) is 0 Å². The maximum absolute atomic E-state index is 12.8. The summed E-state index contributed by atoms with van der Waals surface area (Å²) in [5.74, 6) is -1.50. The molecule has 5 atom stereocenters. The highest BCUT2D eigenvalue weighted by Gasteiger charge is 2.58. The van der Waals surface area contributed by atoms with Crippen molar-refractivity contribution < 1.29 is 47.4 Å². The van der Waals surface area contributed by atoms with Gasteiger partial charge in [0.05, 0.1) is 46.2 Å². The summed E-state index contributed by atoms with van der Waals surface area (Å²) in [4.78, 5) is 12.8. The topological polar surface area (TPSA) is 100 Å². The highest BCUT2D eigenvalue weighted by molar-refractivity contribution is 5.60. The lowest BCUT2D eigenvalue weighted by molar-refractivity contribution is -0.387. The molecule has 1 heterocycles. The van der Waals surface area contributed by atoms with Gasteiger partial charge in [0, 0.05) is 13.5 Å². The van der Waals surface area contributed by atoms with E-state index in [0.717, 1.165) is 22.3 Å². The number of hydrogen-bond donors (Lipinski definition) is 0. The number of rotatable bonds is 20. The number of carbonyl (C=O) groups is 1. The fourth-order valence-corrected chi connectivity index (χ4v) is 6.16. The summed E-state index contributed by atoms with van der Waals surface area (Å²) >= 11 is 0. The van der Waals surface area contributed by atoms with Crippen molar-refractivity contribution in [3.63, 3.8) is 0 Å². The molecule has 0 N–H and O–H groups in total. The monoisotopic (exact) mass is 742 g/mol. The second-order valence-corrected chi connectivity index (χ2v) is 14.1. The number of hydrogen-bond acceptors (Lipinski definition) is 10. The number of methoxy groups -OCH3 is 1. The average Bonchev–Trinajstić information content (AvgIpc) is 3.17. The Labute approximate surface area is 319 Å². The smallest absolute Gasteiger partial charge is 0.434 e. The summed E-state index contributed by atoms with van der Waals surface area (Å²) in [6.07, 6.45) is -3.68. The molecule has 10 heteroatoms. The van der Waals surface area contributed by atoms with Crippen molar-refractivity contribution in [2.75, 3.05) is 33.5 Å². The lowest BCUT2D eigenvalue weighted by Gasteiger charge is -2.52. The van der Waals surface area contributed by atoms with Crippen LogP contribution >= 0.6 is 0 Å². The zero-order valence-corrected chi connectivity index (χ0v) is 31.8. The fraction of sp³-hybridized carbons (Fsp3) is 0.432. The molecule has 1 fully saturated rings. The number of carbonyl (C=O) groups excluding carboxylic acids is 1. The molecule has 0 saturated carbocycles. The molecular weight excluding hydrogens is 688 g/mol. The average molecular weight is 743 g/mol. The second-order valence-electron chi connectivity index (χ2n) is 14.1. The van der Waals surface area contributed by atoms with Crippen LogP contribution in [0.4, 0.5) is 4.79 Å². The predicted molar refractivity (Wildman–Crippen MR) is 203 cm³/mol. The van der Waals surface area contributed by atoms with E-state index < -0.39 is 42.0 Å². The van der Waals surface area contributed by atoms with Crippen molar-refractivity contribution >= 4 is 6.16 Å². The molecule has 0 radical (unpaired) electrons. The Kier molecular flexibility index (Phi) is 16.0. The molecule has 1 saturated heterocycles. The van der Waals surface area contributed by atoms with E-state index in [0.29, 0.717) is 13.2 Å². The SMILES string of the molecule is COCCO[C@@]1(CCOC(=O)OC(C)(C)C)O[C@H](COCc2ccccc2)[C@H](OCc2ccccc2)[C@H](OCc2ccccc2)[C@H]1OCc1ccccc1. The third-order valence-corrected chi connectivity index (χ3v) is 8.70. The van der Waals surface area contributed by atoms with E-state index in [2.05, 4.69) is 0 Å². The summed E-state index contributed by atoms with van der Waals surface area (Å²) < 4.78 is 57.1. The van der Waals surface area contributed by atoms with Gasteiger partial charge in [-0.25, -0.2) is 4.79 Å². The van der Waals surface area contributed by atoms with Crippen LogP contribution in [0.15, 0.2) is 121 Å². The van der Waals surface area contributed by atoms with Gasteiger partial charge in [-0.05, 0) is 43.0 Å². The van der Waals surface area contributed by atoms with Gasteiger partial charge in [0.15, 0.2) is 0 Å². The van der Waals surface area contributed by atoms with E-state index in [9.17, 15) is 4.79 Å². The van der Waals surface area contributed by atoms with Gasteiger partial charge in [0.2, 0.25) is 5.79 Å². The molecule has 0 spiro atoms. The van der Waals surface area contributed by atoms with Crippen LogP contribution in [-0.2, 0) is 69.1 Å². The van der Waals surface area contributed by atoms with E-state index in [1.807, 2.05) is 121 Å². The van der Waals surface area contributed by atoms with Gasteiger partial charge < -0.3 is 42.6 Å². The summed E-state index contributed by atoms with van der Waals surface area (Å²) in [5.41, 5.74) is 3.20. The lowest BCUT2D eigenvalue weighted by atomic mass is 9.89. The summed E-state index contributed by atoms with van der Waals surface area (Å²) in [6, 6.07) is 39.7. The van der Waals surface area contributed by atoms with Crippen LogP contribution in [0.1, 0.15) is 49.4 Å². The molecule has 54 heavy (non-hydrogen) atoms. The minimum Gasteiger partial charge on any atom is -0.434 e. The van der Waals surface area contributed by atoms with Crippen LogP contribution in [0, 0.1) is 0 Å². The second kappa shape index (κ2) is 21.1. The van der Waals surface area contributed by atoms with Crippen molar-refractivity contribution in [1.29, 1.82) is 0 Å². The Balaban J connectivity index is 1.53. The maximum atomic E-state index is 12.8. The molecule has 4 aromatic carbocycles. The molecule has 0 aromatic heterocycles. The maximum Gasteiger partial charge on any atom is 0.508 e. The van der Waals surface area contributed by atoms with Gasteiger partial charge in [-0.15, -0.1) is 0 Å². The van der Waals surface area contributed by atoms with Crippen LogP contribution in [-0.4, -0.2) is 75.5 Å². The molecule has 0 amide bonds. The normalized spacial score (nSPS) is 21.4. The first-order chi connectivity index (χ1) is 26.2. The summed E-state index contributed by atoms with van der Waals surface area (Å²) in [5, 5.41) is 0. The van der Waals surface area contributed by atoms with E-state index in [1.54, 1.807) is 27.9 Å². The van der Waals surface area contributed by atoms with Crippen molar-refractivity contribution in [1.82, 2.24) is 0 Å². The first-order valence-electron chi connectivity index (χ1n) is 18.5. The molecule has 5 rings (SSSR count). The first kappa shape index (κ1) is 41.0. The van der Waals surface area contributed by atoms with E-state index in [1.165, 1.54) is 0 Å². The van der Waals surface area contributed by atoms with Crippen molar-refractivity contribution in [3.05, 3.63) is 144 Å². The molecule has 4 aromatic rings. The van der Waals surface area contributed by atoms with E-state index >= 15 is 0 Å². The van der Waals surface area contributed by atoms with Gasteiger partial charge in [-0.1, -0.05) is 121 Å². The number of benzene rings is 4. The van der Waals surface area contributed by atoms with Crippen LogP contribution in [0.2, 0.25) is 0 Å². The molecule has 290 valence electrons. The quantitative estimate of drug-likeness (QED) is 0.0653. The minimum absolute atomic E-state index is 0.0845. The van der Waals surface area contributed by atoms with Gasteiger partial charge >= 0.3 is 6.16 Å². The van der Waals surface area contributed by atoms with Crippen molar-refractivity contribution in [2.45, 2.75) is 89.4 Å². The third kappa shape index (κ3) is 13.0. The number of ether oxygens (including phenoxy) is 9. The van der Waals surface area contributed by atoms with Crippen LogP contribution < -0.4 is 0 Å². The van der Waals surface area contributed by atoms with Crippen molar-refractivity contribution in [3.8, 4) is 0 Å². The zero-order chi connectivity index (χ0) is 38.1. The third-order valence-electron chi connectivity index (χ3n) is 8.70. The van der Waals surface area contributed by atoms with Gasteiger partial charge in [0.1, 0.15) is 36.6 Å². The standard InChI is InChI=1S/C44H54O10/c1-43(2,3)54-42(45)48-26-25-44(52-28-27-46-4)41(51-32-37-23-15-8-16-24-37)40(50-31-36-21-13-7-14-22-36)39(49-30-35-19-11-6-12-20-35)38(53-44)33-47-29-34-17-9-5-10-18-34/h5-24,38-41H,25-33H2,1-4H3/t38-,39+,40+,41-,44+/m1/s1. The molecule has 1 aliphatic heterocycles. The summed E-state index contributed by atoms with van der Waals surface area (Å²) in [7, 11) is 1.60. The first-order valence-corrected chi connectivity index (χ1v) is 18.5. The Hall–Kier alpha value is -4.13. The molecule has 0 unspecified atom stereocenters. The highest BCUT2D eigenvalue weighted by atomic mass is 16.8. The largest absolute Gasteiger partial charge is 0.508 e. The van der Waals surface area contributed by atoms with Crippen molar-refractivity contribution in [2.24, 2.45) is 0 Å². The molecular formula is C44H54O10. The Bertz CT molecular complexity index is 1620. The molecule has 10 nitrogen and oxygen atoms in total. The lowest BCUT2D eigenvalue weighted by Crippen LogP contribution is -2.68. The van der Waals surface area contributed by atoms with Crippen LogP contribution in [0.3, 0.4) is 0 Å². The fourth-order valence-electron chi connectivity index (χ4n) is 6.16. The Morgan fingerprint density at radius 1 is 0.630 bits per heavy atom. The van der Waals surface area contributed by atoms with Crippen LogP contribution in [0.5, 0.6) is 0 Å². The highest BCUT2D eigenvalue weighted by Crippen LogP contribution is 2.40. The summed E-state index contributed by atoms with van der Waals surface area (Å²) in [6.45, 7) is 6.98. The Morgan fingerprint density at radius 2 is 1.11 bits per heavy atom. The predicted octanol–water partition coefficient (Wildman–Crippen LogP) is 8.06. The van der Waals surface area contributed by atoms with E-state index in [4.69, 9.17) is 42.6 Å². The molecule has 0 aliphatic carbocycles. The minimum atomic E-state index is -1.50. The van der Waals surface area contributed by atoms with Gasteiger partial charge in [-0.3, -0.25) is 0 Å². The van der Waals surface area contributed by atoms with Crippen LogP contribution in [0.25, 0.3) is 0 Å². The van der Waals surface area contributed by atoms with Gasteiger partial charge in [-0.2, -0.15) is 0 Å². The molecule has 1 aliphatic rings. The zero-order valence-electron chi connectivity index (χ0n) is 31.8. The van der Waals surface area contributed by atoms with E-state index in [-0.39, 0.29) is 46.1 Å².